The second-order valence-corrected chi connectivity index (χ2v) is 5.31. The fourth-order valence-electron chi connectivity index (χ4n) is 2.33. The molecule has 2 heterocycles. The Balaban J connectivity index is 2.11. The second-order valence-electron chi connectivity index (χ2n) is 4.39. The maximum atomic E-state index is 5.18. The maximum absolute atomic E-state index is 5.18. The molecule has 3 rings (SSSR count). The SMILES string of the molecule is CNC(c1cc(OC)ncn1)c1cccc2ccsc12. The molecule has 0 saturated heterocycles. The van der Waals surface area contributed by atoms with Gasteiger partial charge in [-0.3, -0.25) is 0 Å². The van der Waals surface area contributed by atoms with Crippen molar-refractivity contribution >= 4 is 21.4 Å². The molecule has 0 radical (unpaired) electrons. The first-order valence-electron chi connectivity index (χ1n) is 6.33. The van der Waals surface area contributed by atoms with Gasteiger partial charge in [-0.2, -0.15) is 0 Å². The Labute approximate surface area is 121 Å². The predicted molar refractivity (Wildman–Crippen MR) is 81.3 cm³/mol. The molecule has 1 N–H and O–H groups in total. The van der Waals surface area contributed by atoms with Gasteiger partial charge in [-0.25, -0.2) is 9.97 Å². The molecule has 102 valence electrons. The number of benzene rings is 1. The van der Waals surface area contributed by atoms with E-state index < -0.39 is 0 Å². The first kappa shape index (κ1) is 13.0. The van der Waals surface area contributed by atoms with E-state index in [2.05, 4.69) is 44.9 Å². The number of thiophene rings is 1. The quantitative estimate of drug-likeness (QED) is 0.800. The van der Waals surface area contributed by atoms with Crippen molar-refractivity contribution in [2.75, 3.05) is 14.2 Å². The van der Waals surface area contributed by atoms with Crippen molar-refractivity contribution in [3.8, 4) is 5.88 Å². The van der Waals surface area contributed by atoms with E-state index in [4.69, 9.17) is 4.74 Å². The van der Waals surface area contributed by atoms with Crippen LogP contribution in [0.15, 0.2) is 42.0 Å². The molecule has 0 saturated carbocycles. The van der Waals surface area contributed by atoms with Crippen LogP contribution in [0.25, 0.3) is 10.1 Å². The van der Waals surface area contributed by atoms with E-state index in [1.54, 1.807) is 18.4 Å². The average Bonchev–Trinajstić information content (AvgIpc) is 2.97. The number of nitrogens with zero attached hydrogens (tertiary/aromatic N) is 2. The number of methoxy groups -OCH3 is 1. The van der Waals surface area contributed by atoms with Crippen LogP contribution in [-0.4, -0.2) is 24.1 Å². The van der Waals surface area contributed by atoms with E-state index in [0.29, 0.717) is 5.88 Å². The lowest BCUT2D eigenvalue weighted by molar-refractivity contribution is 0.395. The smallest absolute Gasteiger partial charge is 0.216 e. The minimum Gasteiger partial charge on any atom is -0.481 e. The number of fused-ring (bicyclic) bond motifs is 1. The zero-order valence-corrected chi connectivity index (χ0v) is 12.1. The van der Waals surface area contributed by atoms with Crippen LogP contribution in [-0.2, 0) is 0 Å². The van der Waals surface area contributed by atoms with Crippen molar-refractivity contribution in [3.05, 3.63) is 53.3 Å². The molecule has 3 aromatic rings. The first-order chi connectivity index (χ1) is 9.83. The number of hydrogen-bond acceptors (Lipinski definition) is 5. The van der Waals surface area contributed by atoms with E-state index in [1.807, 2.05) is 13.1 Å². The lowest BCUT2D eigenvalue weighted by Crippen LogP contribution is -2.19. The average molecular weight is 285 g/mol. The summed E-state index contributed by atoms with van der Waals surface area (Å²) in [6.07, 6.45) is 1.53. The van der Waals surface area contributed by atoms with Gasteiger partial charge in [-0.15, -0.1) is 11.3 Å². The lowest BCUT2D eigenvalue weighted by atomic mass is 10.0. The van der Waals surface area contributed by atoms with Crippen LogP contribution in [0.3, 0.4) is 0 Å². The Hall–Kier alpha value is -1.98. The van der Waals surface area contributed by atoms with Crippen LogP contribution in [0, 0.1) is 0 Å². The van der Waals surface area contributed by atoms with Crippen LogP contribution in [0.1, 0.15) is 17.3 Å². The van der Waals surface area contributed by atoms with Gasteiger partial charge < -0.3 is 10.1 Å². The molecule has 0 fully saturated rings. The molecule has 4 nitrogen and oxygen atoms in total. The van der Waals surface area contributed by atoms with Gasteiger partial charge in [0, 0.05) is 10.8 Å². The van der Waals surface area contributed by atoms with Crippen molar-refractivity contribution in [2.24, 2.45) is 0 Å². The maximum Gasteiger partial charge on any atom is 0.216 e. The molecule has 0 bridgehead atoms. The molecule has 0 spiro atoms. The molecule has 0 aliphatic heterocycles. The third-order valence-electron chi connectivity index (χ3n) is 3.28. The van der Waals surface area contributed by atoms with Gasteiger partial charge in [0.2, 0.25) is 5.88 Å². The molecule has 1 unspecified atom stereocenters. The third kappa shape index (κ3) is 2.26. The normalized spacial score (nSPS) is 12.5. The van der Waals surface area contributed by atoms with E-state index in [1.165, 1.54) is 22.0 Å². The molecule has 0 aliphatic rings. The molecule has 0 amide bonds. The van der Waals surface area contributed by atoms with Gasteiger partial charge in [-0.1, -0.05) is 18.2 Å². The third-order valence-corrected chi connectivity index (χ3v) is 4.26. The highest BCUT2D eigenvalue weighted by Crippen LogP contribution is 2.31. The number of nitrogens with one attached hydrogen (secondary N) is 1. The fraction of sp³-hybridized carbons (Fsp3) is 0.200. The van der Waals surface area contributed by atoms with E-state index in [9.17, 15) is 0 Å². The summed E-state index contributed by atoms with van der Waals surface area (Å²) in [6.45, 7) is 0. The molecular formula is C15H15N3OS. The topological polar surface area (TPSA) is 47.0 Å². The highest BCUT2D eigenvalue weighted by Gasteiger charge is 2.17. The molecule has 5 heteroatoms. The van der Waals surface area contributed by atoms with Crippen LogP contribution in [0.2, 0.25) is 0 Å². The summed E-state index contributed by atoms with van der Waals surface area (Å²) >= 11 is 1.75. The Morgan fingerprint density at radius 1 is 1.25 bits per heavy atom. The molecule has 1 atom stereocenters. The standard InChI is InChI=1S/C15H15N3OS/c1-16-14(12-8-13(19-2)18-9-17-12)11-5-3-4-10-6-7-20-15(10)11/h3-9,14,16H,1-2H3. The summed E-state index contributed by atoms with van der Waals surface area (Å²) in [4.78, 5) is 8.44. The van der Waals surface area contributed by atoms with E-state index in [-0.39, 0.29) is 6.04 Å². The molecule has 1 aromatic carbocycles. The number of ether oxygens (including phenoxy) is 1. The molecule has 20 heavy (non-hydrogen) atoms. The van der Waals surface area contributed by atoms with Crippen LogP contribution in [0.5, 0.6) is 5.88 Å². The van der Waals surface area contributed by atoms with Gasteiger partial charge in [0.05, 0.1) is 18.8 Å². The summed E-state index contributed by atoms with van der Waals surface area (Å²) in [5.41, 5.74) is 2.13. The van der Waals surface area contributed by atoms with Crippen LogP contribution < -0.4 is 10.1 Å². The minimum atomic E-state index is 0.0225. The summed E-state index contributed by atoms with van der Waals surface area (Å²) in [5, 5.41) is 6.70. The predicted octanol–water partition coefficient (Wildman–Crippen LogP) is 3.01. The molecular weight excluding hydrogens is 270 g/mol. The van der Waals surface area contributed by atoms with Gasteiger partial charge in [0.1, 0.15) is 6.33 Å². The Morgan fingerprint density at radius 2 is 2.15 bits per heavy atom. The summed E-state index contributed by atoms with van der Waals surface area (Å²) in [5.74, 6) is 0.577. The number of aromatic nitrogens is 2. The van der Waals surface area contributed by atoms with Crippen molar-refractivity contribution in [1.29, 1.82) is 0 Å². The summed E-state index contributed by atoms with van der Waals surface area (Å²) in [7, 11) is 3.55. The highest BCUT2D eigenvalue weighted by atomic mass is 32.1. The Kier molecular flexibility index (Phi) is 3.62. The van der Waals surface area contributed by atoms with E-state index in [0.717, 1.165) is 5.69 Å². The molecule has 0 aliphatic carbocycles. The number of hydrogen-bond donors (Lipinski definition) is 1. The minimum absolute atomic E-state index is 0.0225. The largest absolute Gasteiger partial charge is 0.481 e. The fourth-order valence-corrected chi connectivity index (χ4v) is 3.27. The lowest BCUT2D eigenvalue weighted by Gasteiger charge is -2.17. The second kappa shape index (κ2) is 5.56. The summed E-state index contributed by atoms with van der Waals surface area (Å²) in [6, 6.07) is 10.4. The Morgan fingerprint density at radius 3 is 2.95 bits per heavy atom. The highest BCUT2D eigenvalue weighted by molar-refractivity contribution is 7.17. The van der Waals surface area contributed by atoms with E-state index >= 15 is 0 Å². The number of rotatable bonds is 4. The van der Waals surface area contributed by atoms with Crippen LogP contribution >= 0.6 is 11.3 Å². The Bertz CT molecular complexity index is 726. The van der Waals surface area contributed by atoms with Crippen molar-refractivity contribution in [3.63, 3.8) is 0 Å². The van der Waals surface area contributed by atoms with Gasteiger partial charge >= 0.3 is 0 Å². The van der Waals surface area contributed by atoms with Crippen LogP contribution in [0.4, 0.5) is 0 Å². The van der Waals surface area contributed by atoms with Gasteiger partial charge in [0.15, 0.2) is 0 Å². The van der Waals surface area contributed by atoms with Crippen molar-refractivity contribution in [2.45, 2.75) is 6.04 Å². The molecule has 2 aromatic heterocycles. The zero-order chi connectivity index (χ0) is 13.9. The monoisotopic (exact) mass is 285 g/mol. The van der Waals surface area contributed by atoms with Crippen molar-refractivity contribution < 1.29 is 4.74 Å². The first-order valence-corrected chi connectivity index (χ1v) is 7.20. The zero-order valence-electron chi connectivity index (χ0n) is 11.3. The van der Waals surface area contributed by atoms with Crippen molar-refractivity contribution in [1.82, 2.24) is 15.3 Å². The summed E-state index contributed by atoms with van der Waals surface area (Å²) < 4.78 is 6.46. The van der Waals surface area contributed by atoms with Gasteiger partial charge in [0.25, 0.3) is 0 Å². The van der Waals surface area contributed by atoms with Gasteiger partial charge in [-0.05, 0) is 29.4 Å².